The van der Waals surface area contributed by atoms with Crippen molar-refractivity contribution in [3.63, 3.8) is 0 Å². The zero-order valence-corrected chi connectivity index (χ0v) is 14.5. The summed E-state index contributed by atoms with van der Waals surface area (Å²) in [7, 11) is 0. The lowest BCUT2D eigenvalue weighted by molar-refractivity contribution is 0.0526. The van der Waals surface area contributed by atoms with Crippen LogP contribution >= 0.6 is 0 Å². The minimum absolute atomic E-state index is 0.323. The van der Waals surface area contributed by atoms with Crippen LogP contribution in [0.3, 0.4) is 0 Å². The Morgan fingerprint density at radius 3 is 2.78 bits per heavy atom. The third-order valence-electron chi connectivity index (χ3n) is 3.94. The van der Waals surface area contributed by atoms with Crippen LogP contribution in [0.15, 0.2) is 65.4 Å². The fourth-order valence-electron chi connectivity index (χ4n) is 2.71. The highest BCUT2D eigenvalue weighted by molar-refractivity contribution is 5.95. The molecule has 0 aliphatic carbocycles. The summed E-state index contributed by atoms with van der Waals surface area (Å²) in [5.41, 5.74) is 3.74. The van der Waals surface area contributed by atoms with Gasteiger partial charge >= 0.3 is 5.97 Å². The molecule has 0 bridgehead atoms. The summed E-state index contributed by atoms with van der Waals surface area (Å²) in [5, 5.41) is 7.30. The van der Waals surface area contributed by atoms with Crippen molar-refractivity contribution in [2.45, 2.75) is 6.92 Å². The van der Waals surface area contributed by atoms with Gasteiger partial charge in [-0.05, 0) is 25.1 Å². The summed E-state index contributed by atoms with van der Waals surface area (Å²) >= 11 is 0. The highest BCUT2D eigenvalue weighted by Gasteiger charge is 2.16. The molecule has 134 valence electrons. The van der Waals surface area contributed by atoms with Crippen molar-refractivity contribution in [3.8, 4) is 11.3 Å². The van der Waals surface area contributed by atoms with Crippen LogP contribution in [0.4, 0.5) is 11.5 Å². The van der Waals surface area contributed by atoms with Gasteiger partial charge in [-0.25, -0.2) is 14.8 Å². The van der Waals surface area contributed by atoms with Crippen LogP contribution in [0.1, 0.15) is 17.3 Å². The van der Waals surface area contributed by atoms with Gasteiger partial charge in [0.1, 0.15) is 17.5 Å². The monoisotopic (exact) mass is 360 g/mol. The second-order valence-corrected chi connectivity index (χ2v) is 5.72. The first kappa shape index (κ1) is 16.7. The predicted octanol–water partition coefficient (Wildman–Crippen LogP) is 4.21. The van der Waals surface area contributed by atoms with Crippen LogP contribution in [-0.2, 0) is 4.74 Å². The first-order valence-corrected chi connectivity index (χ1v) is 8.46. The first-order valence-electron chi connectivity index (χ1n) is 8.46. The lowest BCUT2D eigenvalue weighted by Gasteiger charge is -2.07. The molecule has 7 nitrogen and oxygen atoms in total. The van der Waals surface area contributed by atoms with Gasteiger partial charge in [0.2, 0.25) is 5.58 Å². The molecule has 2 aromatic heterocycles. The molecule has 2 aromatic carbocycles. The van der Waals surface area contributed by atoms with E-state index in [2.05, 4.69) is 20.4 Å². The Balaban J connectivity index is 1.69. The van der Waals surface area contributed by atoms with Gasteiger partial charge < -0.3 is 14.6 Å². The molecule has 1 N–H and O–H groups in total. The van der Waals surface area contributed by atoms with Gasteiger partial charge in [0.15, 0.2) is 5.82 Å². The molecule has 4 aromatic rings. The number of carbonyl (C=O) groups is 1. The van der Waals surface area contributed by atoms with E-state index in [1.54, 1.807) is 25.1 Å². The van der Waals surface area contributed by atoms with Crippen molar-refractivity contribution in [2.75, 3.05) is 11.9 Å². The van der Waals surface area contributed by atoms with Crippen LogP contribution in [0, 0.1) is 0 Å². The molecule has 0 unspecified atom stereocenters. The Bertz CT molecular complexity index is 1090. The fraction of sp³-hybridized carbons (Fsp3) is 0.100. The van der Waals surface area contributed by atoms with E-state index in [0.717, 1.165) is 5.56 Å². The van der Waals surface area contributed by atoms with Gasteiger partial charge in [-0.3, -0.25) is 0 Å². The third-order valence-corrected chi connectivity index (χ3v) is 3.94. The second-order valence-electron chi connectivity index (χ2n) is 5.72. The third kappa shape index (κ3) is 3.35. The molecule has 0 aliphatic heterocycles. The SMILES string of the molecule is CCOC(=O)c1cccc(Nc2ncnc3c(-c4ccccc4)noc23)c1. The molecule has 0 radical (unpaired) electrons. The molecule has 4 rings (SSSR count). The van der Waals surface area contributed by atoms with E-state index in [1.807, 2.05) is 36.4 Å². The number of nitrogens with zero attached hydrogens (tertiary/aromatic N) is 3. The van der Waals surface area contributed by atoms with Gasteiger partial charge in [-0.15, -0.1) is 0 Å². The molecule has 0 amide bonds. The Labute approximate surface area is 155 Å². The van der Waals surface area contributed by atoms with Crippen LogP contribution in [0.5, 0.6) is 0 Å². The molecule has 7 heteroatoms. The van der Waals surface area contributed by atoms with E-state index >= 15 is 0 Å². The minimum Gasteiger partial charge on any atom is -0.462 e. The standard InChI is InChI=1S/C20H16N4O3/c1-2-26-20(25)14-9-6-10-15(11-14)23-19-18-17(21-12-22-19)16(24-27-18)13-7-4-3-5-8-13/h3-12H,2H2,1H3,(H,21,22,23). The number of aromatic nitrogens is 3. The van der Waals surface area contributed by atoms with E-state index in [0.29, 0.717) is 40.5 Å². The molecule has 2 heterocycles. The quantitative estimate of drug-likeness (QED) is 0.533. The molecule has 27 heavy (non-hydrogen) atoms. The van der Waals surface area contributed by atoms with Crippen molar-refractivity contribution >= 4 is 28.6 Å². The van der Waals surface area contributed by atoms with Gasteiger partial charge in [0.25, 0.3) is 0 Å². The number of carbonyl (C=O) groups excluding carboxylic acids is 1. The lowest BCUT2D eigenvalue weighted by atomic mass is 10.1. The Morgan fingerprint density at radius 2 is 1.96 bits per heavy atom. The van der Waals surface area contributed by atoms with Crippen LogP contribution in [0.2, 0.25) is 0 Å². The van der Waals surface area contributed by atoms with E-state index in [1.165, 1.54) is 6.33 Å². The molecular formula is C20H16N4O3. The normalized spacial score (nSPS) is 10.7. The number of benzene rings is 2. The summed E-state index contributed by atoms with van der Waals surface area (Å²) < 4.78 is 10.5. The van der Waals surface area contributed by atoms with Crippen molar-refractivity contribution in [3.05, 3.63) is 66.5 Å². The maximum atomic E-state index is 11.9. The average molecular weight is 360 g/mol. The van der Waals surface area contributed by atoms with Crippen molar-refractivity contribution in [1.82, 2.24) is 15.1 Å². The molecule has 0 fully saturated rings. The number of anilines is 2. The number of ether oxygens (including phenoxy) is 1. The summed E-state index contributed by atoms with van der Waals surface area (Å²) in [6, 6.07) is 16.7. The van der Waals surface area contributed by atoms with E-state index in [-0.39, 0.29) is 5.97 Å². The van der Waals surface area contributed by atoms with Crippen molar-refractivity contribution < 1.29 is 14.1 Å². The largest absolute Gasteiger partial charge is 0.462 e. The van der Waals surface area contributed by atoms with Crippen molar-refractivity contribution in [2.24, 2.45) is 0 Å². The summed E-state index contributed by atoms with van der Waals surface area (Å²) in [6.07, 6.45) is 1.45. The van der Waals surface area contributed by atoms with Crippen molar-refractivity contribution in [1.29, 1.82) is 0 Å². The highest BCUT2D eigenvalue weighted by atomic mass is 16.5. The molecule has 0 atom stereocenters. The van der Waals surface area contributed by atoms with Crippen LogP contribution in [-0.4, -0.2) is 27.7 Å². The number of fused-ring (bicyclic) bond motifs is 1. The van der Waals surface area contributed by atoms with Gasteiger partial charge in [0.05, 0.1) is 12.2 Å². The second kappa shape index (κ2) is 7.25. The molecule has 0 spiro atoms. The lowest BCUT2D eigenvalue weighted by Crippen LogP contribution is -2.05. The maximum Gasteiger partial charge on any atom is 0.338 e. The minimum atomic E-state index is -0.375. The number of esters is 1. The molecular weight excluding hydrogens is 344 g/mol. The summed E-state index contributed by atoms with van der Waals surface area (Å²) in [6.45, 7) is 2.09. The molecule has 0 saturated carbocycles. The van der Waals surface area contributed by atoms with Gasteiger partial charge in [0, 0.05) is 11.3 Å². The number of hydrogen-bond donors (Lipinski definition) is 1. The fourth-order valence-corrected chi connectivity index (χ4v) is 2.71. The number of nitrogens with one attached hydrogen (secondary N) is 1. The Kier molecular flexibility index (Phi) is 4.49. The molecule has 0 saturated heterocycles. The van der Waals surface area contributed by atoms with Crippen LogP contribution < -0.4 is 5.32 Å². The Morgan fingerprint density at radius 1 is 1.11 bits per heavy atom. The first-order chi connectivity index (χ1) is 13.3. The number of rotatable bonds is 5. The van der Waals surface area contributed by atoms with Gasteiger partial charge in [-0.2, -0.15) is 0 Å². The summed E-state index contributed by atoms with van der Waals surface area (Å²) in [4.78, 5) is 20.5. The maximum absolute atomic E-state index is 11.9. The van der Waals surface area contributed by atoms with E-state index in [4.69, 9.17) is 9.26 Å². The zero-order chi connectivity index (χ0) is 18.6. The molecule has 0 aliphatic rings. The van der Waals surface area contributed by atoms with E-state index < -0.39 is 0 Å². The van der Waals surface area contributed by atoms with Gasteiger partial charge in [-0.1, -0.05) is 41.6 Å². The van der Waals surface area contributed by atoms with E-state index in [9.17, 15) is 4.79 Å². The predicted molar refractivity (Wildman–Crippen MR) is 101 cm³/mol. The highest BCUT2D eigenvalue weighted by Crippen LogP contribution is 2.30. The summed E-state index contributed by atoms with van der Waals surface area (Å²) in [5.74, 6) is 0.0932. The zero-order valence-electron chi connectivity index (χ0n) is 14.5. The van der Waals surface area contributed by atoms with Crippen LogP contribution in [0.25, 0.3) is 22.4 Å². The Hall–Kier alpha value is -3.74. The average Bonchev–Trinajstić information content (AvgIpc) is 3.14. The smallest absolute Gasteiger partial charge is 0.338 e. The number of hydrogen-bond acceptors (Lipinski definition) is 7. The topological polar surface area (TPSA) is 90.1 Å².